The quantitative estimate of drug-likeness (QED) is 0.863. The molecule has 4 nitrogen and oxygen atoms in total. The van der Waals surface area contributed by atoms with E-state index in [9.17, 15) is 0 Å². The number of nitrogens with zero attached hydrogens (tertiary/aromatic N) is 2. The normalized spacial score (nSPS) is 10.8. The summed E-state index contributed by atoms with van der Waals surface area (Å²) in [4.78, 5) is 4.16. The van der Waals surface area contributed by atoms with Crippen molar-refractivity contribution < 1.29 is 4.52 Å². The van der Waals surface area contributed by atoms with Crippen molar-refractivity contribution in [2.45, 2.75) is 26.8 Å². The van der Waals surface area contributed by atoms with Crippen molar-refractivity contribution in [3.05, 3.63) is 45.5 Å². The van der Waals surface area contributed by atoms with Crippen LogP contribution in [0.25, 0.3) is 0 Å². The summed E-state index contributed by atoms with van der Waals surface area (Å²) in [5.74, 6) is 1.37. The predicted molar refractivity (Wildman–Crippen MR) is 73.3 cm³/mol. The first-order valence-electron chi connectivity index (χ1n) is 5.90. The average Bonchev–Trinajstić information content (AvgIpc) is 2.73. The molecule has 0 aliphatic carbocycles. The summed E-state index contributed by atoms with van der Waals surface area (Å²) < 4.78 is 6.19. The number of halogens is 1. The average molecular weight is 310 g/mol. The lowest BCUT2D eigenvalue weighted by molar-refractivity contribution is 0.372. The first kappa shape index (κ1) is 13.2. The molecule has 0 aliphatic heterocycles. The summed E-state index contributed by atoms with van der Waals surface area (Å²) in [5.41, 5.74) is 2.51. The van der Waals surface area contributed by atoms with Gasteiger partial charge in [0, 0.05) is 24.0 Å². The Morgan fingerprint density at radius 2 is 2.17 bits per heavy atom. The SMILES string of the molecule is Cc1ccc(CNCCc2nc(C)no2)c(Br)c1. The van der Waals surface area contributed by atoms with E-state index in [1.165, 1.54) is 11.1 Å². The molecule has 0 amide bonds. The van der Waals surface area contributed by atoms with Crippen LogP contribution in [0.5, 0.6) is 0 Å². The third-order valence-electron chi connectivity index (χ3n) is 2.61. The highest BCUT2D eigenvalue weighted by atomic mass is 79.9. The molecule has 1 N–H and O–H groups in total. The summed E-state index contributed by atoms with van der Waals surface area (Å²) in [6.07, 6.45) is 0.754. The zero-order valence-corrected chi connectivity index (χ0v) is 12.1. The van der Waals surface area contributed by atoms with E-state index < -0.39 is 0 Å². The predicted octanol–water partition coefficient (Wildman–Crippen LogP) is 2.78. The molecule has 0 saturated carbocycles. The van der Waals surface area contributed by atoms with Crippen LogP contribution in [0.1, 0.15) is 22.8 Å². The molecule has 5 heteroatoms. The summed E-state index contributed by atoms with van der Waals surface area (Å²) in [6, 6.07) is 6.37. The molecular weight excluding hydrogens is 294 g/mol. The summed E-state index contributed by atoms with van der Waals surface area (Å²) in [7, 11) is 0. The van der Waals surface area contributed by atoms with Gasteiger partial charge in [0.25, 0.3) is 0 Å². The molecule has 0 bridgehead atoms. The lowest BCUT2D eigenvalue weighted by atomic mass is 10.1. The van der Waals surface area contributed by atoms with Crippen molar-refractivity contribution >= 4 is 15.9 Å². The minimum atomic E-state index is 0.683. The number of aromatic nitrogens is 2. The van der Waals surface area contributed by atoms with E-state index in [1.54, 1.807) is 0 Å². The van der Waals surface area contributed by atoms with Crippen molar-refractivity contribution in [1.82, 2.24) is 15.5 Å². The molecule has 0 radical (unpaired) electrons. The maximum absolute atomic E-state index is 5.05. The number of hydrogen-bond donors (Lipinski definition) is 1. The van der Waals surface area contributed by atoms with Gasteiger partial charge in [0.2, 0.25) is 5.89 Å². The van der Waals surface area contributed by atoms with Crippen molar-refractivity contribution in [3.63, 3.8) is 0 Å². The van der Waals surface area contributed by atoms with Gasteiger partial charge in [0.1, 0.15) is 0 Å². The Morgan fingerprint density at radius 3 is 2.83 bits per heavy atom. The summed E-state index contributed by atoms with van der Waals surface area (Å²) in [6.45, 7) is 5.56. The van der Waals surface area contributed by atoms with Crippen molar-refractivity contribution in [2.75, 3.05) is 6.54 Å². The van der Waals surface area contributed by atoms with Crippen LogP contribution in [0, 0.1) is 13.8 Å². The Labute approximate surface area is 115 Å². The highest BCUT2D eigenvalue weighted by molar-refractivity contribution is 9.10. The lowest BCUT2D eigenvalue weighted by Crippen LogP contribution is -2.17. The Kier molecular flexibility index (Phi) is 4.49. The highest BCUT2D eigenvalue weighted by Gasteiger charge is 2.03. The molecule has 0 atom stereocenters. The Balaban J connectivity index is 1.78. The third-order valence-corrected chi connectivity index (χ3v) is 3.35. The smallest absolute Gasteiger partial charge is 0.227 e. The van der Waals surface area contributed by atoms with Gasteiger partial charge in [-0.05, 0) is 31.0 Å². The molecule has 0 saturated heterocycles. The number of rotatable bonds is 5. The van der Waals surface area contributed by atoms with E-state index >= 15 is 0 Å². The fourth-order valence-electron chi connectivity index (χ4n) is 1.66. The first-order chi connectivity index (χ1) is 8.65. The van der Waals surface area contributed by atoms with Crippen molar-refractivity contribution in [3.8, 4) is 0 Å². The largest absolute Gasteiger partial charge is 0.339 e. The molecule has 0 unspecified atom stereocenters. The maximum Gasteiger partial charge on any atom is 0.227 e. The van der Waals surface area contributed by atoms with Gasteiger partial charge in [-0.3, -0.25) is 0 Å². The van der Waals surface area contributed by atoms with E-state index in [2.05, 4.69) is 56.5 Å². The molecule has 96 valence electrons. The molecule has 0 aliphatic rings. The van der Waals surface area contributed by atoms with E-state index in [0.29, 0.717) is 11.7 Å². The molecule has 2 rings (SSSR count). The minimum Gasteiger partial charge on any atom is -0.339 e. The molecule has 0 fully saturated rings. The Hall–Kier alpha value is -1.20. The second-order valence-corrected chi connectivity index (χ2v) is 5.11. The second kappa shape index (κ2) is 6.11. The van der Waals surface area contributed by atoms with Gasteiger partial charge in [0.15, 0.2) is 5.82 Å². The standard InChI is InChI=1S/C13H16BrN3O/c1-9-3-4-11(12(14)7-9)8-15-6-5-13-16-10(2)17-18-13/h3-4,7,15H,5-6,8H2,1-2H3. The van der Waals surface area contributed by atoms with Crippen LogP contribution in [-0.2, 0) is 13.0 Å². The van der Waals surface area contributed by atoms with Crippen molar-refractivity contribution in [2.24, 2.45) is 0 Å². The van der Waals surface area contributed by atoms with E-state index in [0.717, 1.165) is 24.0 Å². The molecule has 2 aromatic rings. The first-order valence-corrected chi connectivity index (χ1v) is 6.69. The van der Waals surface area contributed by atoms with Gasteiger partial charge in [-0.25, -0.2) is 0 Å². The molecular formula is C13H16BrN3O. The van der Waals surface area contributed by atoms with Crippen LogP contribution >= 0.6 is 15.9 Å². The number of nitrogens with one attached hydrogen (secondary N) is 1. The van der Waals surface area contributed by atoms with Crippen LogP contribution in [0.3, 0.4) is 0 Å². The fourth-order valence-corrected chi connectivity index (χ4v) is 2.29. The van der Waals surface area contributed by atoms with Gasteiger partial charge >= 0.3 is 0 Å². The molecule has 1 heterocycles. The molecule has 18 heavy (non-hydrogen) atoms. The zero-order valence-electron chi connectivity index (χ0n) is 10.5. The second-order valence-electron chi connectivity index (χ2n) is 4.26. The van der Waals surface area contributed by atoms with Gasteiger partial charge < -0.3 is 9.84 Å². The molecule has 0 spiro atoms. The number of aryl methyl sites for hydroxylation is 2. The minimum absolute atomic E-state index is 0.683. The van der Waals surface area contributed by atoms with E-state index in [4.69, 9.17) is 4.52 Å². The van der Waals surface area contributed by atoms with Crippen LogP contribution < -0.4 is 5.32 Å². The van der Waals surface area contributed by atoms with Gasteiger partial charge in [-0.2, -0.15) is 4.98 Å². The Morgan fingerprint density at radius 1 is 1.33 bits per heavy atom. The topological polar surface area (TPSA) is 51.0 Å². The van der Waals surface area contributed by atoms with Gasteiger partial charge in [0.05, 0.1) is 0 Å². The lowest BCUT2D eigenvalue weighted by Gasteiger charge is -2.06. The summed E-state index contributed by atoms with van der Waals surface area (Å²) >= 11 is 3.57. The van der Waals surface area contributed by atoms with Gasteiger partial charge in [-0.15, -0.1) is 0 Å². The van der Waals surface area contributed by atoms with Crippen molar-refractivity contribution in [1.29, 1.82) is 0 Å². The fraction of sp³-hybridized carbons (Fsp3) is 0.385. The Bertz CT molecular complexity index is 525. The summed E-state index contributed by atoms with van der Waals surface area (Å²) in [5, 5.41) is 7.12. The highest BCUT2D eigenvalue weighted by Crippen LogP contribution is 2.17. The van der Waals surface area contributed by atoms with Crippen LogP contribution in [0.4, 0.5) is 0 Å². The van der Waals surface area contributed by atoms with E-state index in [1.807, 2.05) is 6.92 Å². The molecule has 1 aromatic heterocycles. The number of benzene rings is 1. The maximum atomic E-state index is 5.05. The van der Waals surface area contributed by atoms with Crippen LogP contribution in [0.15, 0.2) is 27.2 Å². The van der Waals surface area contributed by atoms with E-state index in [-0.39, 0.29) is 0 Å². The van der Waals surface area contributed by atoms with Gasteiger partial charge in [-0.1, -0.05) is 33.2 Å². The van der Waals surface area contributed by atoms with Crippen LogP contribution in [0.2, 0.25) is 0 Å². The monoisotopic (exact) mass is 309 g/mol. The molecule has 1 aromatic carbocycles. The number of hydrogen-bond acceptors (Lipinski definition) is 4. The third kappa shape index (κ3) is 3.65. The van der Waals surface area contributed by atoms with Crippen LogP contribution in [-0.4, -0.2) is 16.7 Å². The zero-order chi connectivity index (χ0) is 13.0.